The Morgan fingerprint density at radius 1 is 1.43 bits per heavy atom. The first-order valence-electron chi connectivity index (χ1n) is 6.97. The second kappa shape index (κ2) is 7.47. The maximum Gasteiger partial charge on any atom is 0.214 e. The number of nitrogens with zero attached hydrogens (tertiary/aromatic N) is 2. The van der Waals surface area contributed by atoms with Gasteiger partial charge in [-0.2, -0.15) is 5.10 Å². The zero-order valence-corrected chi connectivity index (χ0v) is 13.7. The molecule has 1 aromatic carbocycles. The molecule has 0 bridgehead atoms. The highest BCUT2D eigenvalue weighted by Gasteiger charge is 2.05. The van der Waals surface area contributed by atoms with E-state index in [1.807, 2.05) is 25.1 Å². The summed E-state index contributed by atoms with van der Waals surface area (Å²) in [6.45, 7) is 5.36. The molecule has 0 spiro atoms. The van der Waals surface area contributed by atoms with Gasteiger partial charge >= 0.3 is 0 Å². The number of ether oxygens (including phenoxy) is 1. The molecule has 0 atom stereocenters. The number of rotatable bonds is 7. The quantitative estimate of drug-likeness (QED) is 0.762. The fourth-order valence-corrected chi connectivity index (χ4v) is 2.36. The third kappa shape index (κ3) is 3.98. The average Bonchev–Trinajstić information content (AvgIpc) is 2.84. The van der Waals surface area contributed by atoms with Crippen LogP contribution in [0.3, 0.4) is 0 Å². The predicted octanol–water partition coefficient (Wildman–Crippen LogP) is 3.69. The van der Waals surface area contributed by atoms with Crippen molar-refractivity contribution in [3.8, 4) is 5.75 Å². The number of aromatic amines is 1. The number of benzene rings is 1. The van der Waals surface area contributed by atoms with E-state index in [4.69, 9.17) is 28.6 Å². The highest BCUT2D eigenvalue weighted by molar-refractivity contribution is 7.71. The minimum atomic E-state index is 0.556. The van der Waals surface area contributed by atoms with Crippen LogP contribution in [-0.4, -0.2) is 21.5 Å². The fraction of sp³-hybridized carbons (Fsp3) is 0.429. The average molecular weight is 327 g/mol. The molecule has 2 N–H and O–H groups in total. The molecule has 0 saturated heterocycles. The summed E-state index contributed by atoms with van der Waals surface area (Å²) < 4.78 is 7.90. The highest BCUT2D eigenvalue weighted by Crippen LogP contribution is 2.25. The first-order chi connectivity index (χ1) is 10.2. The predicted molar refractivity (Wildman–Crippen MR) is 87.1 cm³/mol. The summed E-state index contributed by atoms with van der Waals surface area (Å²) >= 11 is 11.4. The van der Waals surface area contributed by atoms with E-state index in [1.54, 1.807) is 4.68 Å². The van der Waals surface area contributed by atoms with E-state index in [2.05, 4.69) is 22.5 Å². The Hall–Kier alpha value is -1.53. The summed E-state index contributed by atoms with van der Waals surface area (Å²) in [5, 5.41) is 7.54. The molecule has 114 valence electrons. The van der Waals surface area contributed by atoms with Crippen LogP contribution in [0.25, 0.3) is 0 Å². The first kappa shape index (κ1) is 15.9. The highest BCUT2D eigenvalue weighted by atomic mass is 35.5. The maximum absolute atomic E-state index is 6.22. The molecule has 0 unspecified atom stereocenters. The van der Waals surface area contributed by atoms with Gasteiger partial charge in [0, 0.05) is 6.42 Å². The van der Waals surface area contributed by atoms with Crippen LogP contribution in [0.15, 0.2) is 18.2 Å². The normalized spacial score (nSPS) is 10.6. The van der Waals surface area contributed by atoms with E-state index in [0.717, 1.165) is 30.0 Å². The standard InChI is InChI=1S/C14H19ClN4OS/c1-3-7-20-12-6-5-10(8-11(12)15)9-16-19-13(4-2)17-18-14(19)21/h5-6,8,16H,3-4,7,9H2,1-2H3,(H,18,21). The number of halogens is 1. The largest absolute Gasteiger partial charge is 0.492 e. The van der Waals surface area contributed by atoms with Gasteiger partial charge < -0.3 is 10.2 Å². The first-order valence-corrected chi connectivity index (χ1v) is 7.75. The second-order valence-electron chi connectivity index (χ2n) is 4.58. The molecule has 2 rings (SSSR count). The fourth-order valence-electron chi connectivity index (χ4n) is 1.88. The third-order valence-electron chi connectivity index (χ3n) is 2.96. The lowest BCUT2D eigenvalue weighted by atomic mass is 10.2. The van der Waals surface area contributed by atoms with Crippen LogP contribution in [0, 0.1) is 4.77 Å². The summed E-state index contributed by atoms with van der Waals surface area (Å²) in [6.07, 6.45) is 1.75. The SMILES string of the molecule is CCCOc1ccc(CNn2c(CC)n[nH]c2=S)cc1Cl. The van der Waals surface area contributed by atoms with Crippen LogP contribution in [0.1, 0.15) is 31.7 Å². The van der Waals surface area contributed by atoms with Gasteiger partial charge in [0.25, 0.3) is 0 Å². The van der Waals surface area contributed by atoms with Crippen LogP contribution in [0.4, 0.5) is 0 Å². The number of hydrogen-bond acceptors (Lipinski definition) is 4. The van der Waals surface area contributed by atoms with Gasteiger partial charge in [-0.25, -0.2) is 4.68 Å². The minimum Gasteiger partial charge on any atom is -0.492 e. The van der Waals surface area contributed by atoms with E-state index < -0.39 is 0 Å². The topological polar surface area (TPSA) is 54.9 Å². The van der Waals surface area contributed by atoms with Gasteiger partial charge in [0.05, 0.1) is 18.2 Å². The van der Waals surface area contributed by atoms with Gasteiger partial charge in [-0.15, -0.1) is 0 Å². The Balaban J connectivity index is 2.05. The maximum atomic E-state index is 6.22. The smallest absolute Gasteiger partial charge is 0.214 e. The van der Waals surface area contributed by atoms with Crippen molar-refractivity contribution in [2.75, 3.05) is 12.0 Å². The Kier molecular flexibility index (Phi) is 5.64. The molecule has 21 heavy (non-hydrogen) atoms. The Labute approximate surface area is 134 Å². The van der Waals surface area contributed by atoms with Crippen LogP contribution in [0.5, 0.6) is 5.75 Å². The molecular formula is C14H19ClN4OS. The van der Waals surface area contributed by atoms with Crippen molar-refractivity contribution in [1.82, 2.24) is 14.9 Å². The van der Waals surface area contributed by atoms with Crippen molar-refractivity contribution in [3.63, 3.8) is 0 Å². The van der Waals surface area contributed by atoms with Crippen LogP contribution in [0.2, 0.25) is 5.02 Å². The third-order valence-corrected chi connectivity index (χ3v) is 3.53. The zero-order valence-electron chi connectivity index (χ0n) is 12.1. The molecular weight excluding hydrogens is 308 g/mol. The zero-order chi connectivity index (χ0) is 15.2. The van der Waals surface area contributed by atoms with Crippen molar-refractivity contribution in [2.24, 2.45) is 0 Å². The number of H-pyrrole nitrogens is 1. The lowest BCUT2D eigenvalue weighted by molar-refractivity contribution is 0.317. The molecule has 0 aliphatic rings. The molecule has 0 aliphatic carbocycles. The van der Waals surface area contributed by atoms with Crippen LogP contribution < -0.4 is 10.2 Å². The molecule has 1 heterocycles. The van der Waals surface area contributed by atoms with Gasteiger partial charge in [-0.1, -0.05) is 31.5 Å². The van der Waals surface area contributed by atoms with E-state index in [-0.39, 0.29) is 0 Å². The second-order valence-corrected chi connectivity index (χ2v) is 5.38. The van der Waals surface area contributed by atoms with Crippen molar-refractivity contribution < 1.29 is 4.74 Å². The summed E-state index contributed by atoms with van der Waals surface area (Å²) in [6, 6.07) is 5.78. The summed E-state index contributed by atoms with van der Waals surface area (Å²) in [5.41, 5.74) is 4.29. The Morgan fingerprint density at radius 3 is 2.90 bits per heavy atom. The van der Waals surface area contributed by atoms with E-state index in [9.17, 15) is 0 Å². The summed E-state index contributed by atoms with van der Waals surface area (Å²) in [7, 11) is 0. The molecule has 1 aromatic heterocycles. The number of nitrogens with one attached hydrogen (secondary N) is 2. The molecule has 0 aliphatic heterocycles. The Morgan fingerprint density at radius 2 is 2.24 bits per heavy atom. The van der Waals surface area contributed by atoms with E-state index in [1.165, 1.54) is 0 Å². The lowest BCUT2D eigenvalue weighted by Gasteiger charge is -2.11. The van der Waals surface area contributed by atoms with E-state index >= 15 is 0 Å². The van der Waals surface area contributed by atoms with Gasteiger partial charge in [0.2, 0.25) is 4.77 Å². The molecule has 7 heteroatoms. The monoisotopic (exact) mass is 326 g/mol. The minimum absolute atomic E-state index is 0.556. The van der Waals surface area contributed by atoms with Gasteiger partial charge in [0.15, 0.2) is 5.82 Å². The van der Waals surface area contributed by atoms with E-state index in [0.29, 0.717) is 22.9 Å². The van der Waals surface area contributed by atoms with Crippen molar-refractivity contribution in [3.05, 3.63) is 39.4 Å². The van der Waals surface area contributed by atoms with Crippen LogP contribution >= 0.6 is 23.8 Å². The van der Waals surface area contributed by atoms with Gasteiger partial charge in [-0.05, 0) is 36.3 Å². The molecule has 0 amide bonds. The number of aryl methyl sites for hydroxylation is 1. The molecule has 0 fully saturated rings. The van der Waals surface area contributed by atoms with Gasteiger partial charge in [0.1, 0.15) is 5.75 Å². The summed E-state index contributed by atoms with van der Waals surface area (Å²) in [5.74, 6) is 1.59. The molecule has 5 nitrogen and oxygen atoms in total. The van der Waals surface area contributed by atoms with Crippen LogP contribution in [-0.2, 0) is 13.0 Å². The van der Waals surface area contributed by atoms with Crippen molar-refractivity contribution in [2.45, 2.75) is 33.2 Å². The molecule has 0 radical (unpaired) electrons. The Bertz CT molecular complexity index is 653. The lowest BCUT2D eigenvalue weighted by Crippen LogP contribution is -2.17. The summed E-state index contributed by atoms with van der Waals surface area (Å²) in [4.78, 5) is 0. The van der Waals surface area contributed by atoms with Gasteiger partial charge in [-0.3, -0.25) is 5.10 Å². The van der Waals surface area contributed by atoms with Crippen molar-refractivity contribution >= 4 is 23.8 Å². The number of hydrogen-bond donors (Lipinski definition) is 2. The molecule has 2 aromatic rings. The van der Waals surface area contributed by atoms with Crippen molar-refractivity contribution in [1.29, 1.82) is 0 Å². The number of aromatic nitrogens is 3. The molecule has 0 saturated carbocycles.